The van der Waals surface area contributed by atoms with Crippen molar-refractivity contribution in [2.24, 2.45) is 5.92 Å². The largest absolute Gasteiger partial charge is 0.451 e. The molecule has 2 fully saturated rings. The van der Waals surface area contributed by atoms with E-state index < -0.39 is 5.97 Å². The van der Waals surface area contributed by atoms with Crippen molar-refractivity contribution >= 4 is 18.0 Å². The van der Waals surface area contributed by atoms with Crippen molar-refractivity contribution < 1.29 is 14.3 Å². The molecule has 1 aliphatic carbocycles. The molecule has 154 valence electrons. The molecular weight excluding hydrogens is 364 g/mol. The van der Waals surface area contributed by atoms with Crippen LogP contribution in [0.3, 0.4) is 0 Å². The van der Waals surface area contributed by atoms with Gasteiger partial charge in [0.1, 0.15) is 11.6 Å². The Morgan fingerprint density at radius 3 is 2.55 bits per heavy atom. The Balaban J connectivity index is 1.59. The van der Waals surface area contributed by atoms with Gasteiger partial charge in [-0.05, 0) is 54.7 Å². The number of ether oxygens (including phenoxy) is 1. The van der Waals surface area contributed by atoms with Crippen LogP contribution in [-0.4, -0.2) is 36.0 Å². The second kappa shape index (κ2) is 9.73. The molecule has 2 aliphatic rings. The number of fused-ring (bicyclic) bond motifs is 1. The van der Waals surface area contributed by atoms with Crippen molar-refractivity contribution in [3.63, 3.8) is 0 Å². The predicted octanol–water partition coefficient (Wildman–Crippen LogP) is 4.44. The lowest BCUT2D eigenvalue weighted by atomic mass is 9.78. The number of rotatable bonds is 5. The van der Waals surface area contributed by atoms with E-state index in [4.69, 9.17) is 4.74 Å². The van der Waals surface area contributed by atoms with Gasteiger partial charge in [0.15, 0.2) is 6.61 Å². The summed E-state index contributed by atoms with van der Waals surface area (Å²) in [5.41, 5.74) is 1.86. The summed E-state index contributed by atoms with van der Waals surface area (Å²) in [6.07, 6.45) is 8.33. The normalized spacial score (nSPS) is 22.0. The molecule has 1 aromatic carbocycles. The van der Waals surface area contributed by atoms with Crippen LogP contribution in [0.15, 0.2) is 29.8 Å². The lowest BCUT2D eigenvalue weighted by molar-refractivity contribution is -0.152. The Bertz CT molecular complexity index is 802. The van der Waals surface area contributed by atoms with Crippen molar-refractivity contribution in [3.8, 4) is 6.07 Å². The standard InChI is InChI=1S/C24H30N2O3/c1-17(2)19-11-9-18(10-12-19)14-21(15-25)24(28)29-16-23(27)26-13-5-7-20-6-3-4-8-22(20)26/h9-12,14,17,20,22H,3-8,13,16H2,1-2H3/b21-14+/t20-,22+/m0/s1. The number of hydrogen-bond acceptors (Lipinski definition) is 4. The average molecular weight is 395 g/mol. The van der Waals surface area contributed by atoms with E-state index in [9.17, 15) is 14.9 Å². The first-order valence-electron chi connectivity index (χ1n) is 10.7. The lowest BCUT2D eigenvalue weighted by Crippen LogP contribution is -2.50. The number of nitriles is 1. The van der Waals surface area contributed by atoms with E-state index in [1.807, 2.05) is 35.2 Å². The van der Waals surface area contributed by atoms with Crippen molar-refractivity contribution in [1.82, 2.24) is 4.90 Å². The number of nitrogens with zero attached hydrogens (tertiary/aromatic N) is 2. The zero-order valence-corrected chi connectivity index (χ0v) is 17.4. The first-order valence-corrected chi connectivity index (χ1v) is 10.7. The van der Waals surface area contributed by atoms with E-state index in [2.05, 4.69) is 13.8 Å². The third-order valence-electron chi connectivity index (χ3n) is 6.14. The molecule has 1 aliphatic heterocycles. The summed E-state index contributed by atoms with van der Waals surface area (Å²) in [6.45, 7) is 4.66. The van der Waals surface area contributed by atoms with Crippen molar-refractivity contribution in [1.29, 1.82) is 5.26 Å². The van der Waals surface area contributed by atoms with E-state index in [1.165, 1.54) is 30.9 Å². The van der Waals surface area contributed by atoms with Crippen molar-refractivity contribution in [2.75, 3.05) is 13.2 Å². The first-order chi connectivity index (χ1) is 14.0. The average Bonchev–Trinajstić information content (AvgIpc) is 2.75. The minimum absolute atomic E-state index is 0.0933. The van der Waals surface area contributed by atoms with Gasteiger partial charge in [-0.3, -0.25) is 4.79 Å². The topological polar surface area (TPSA) is 70.4 Å². The van der Waals surface area contributed by atoms with Crippen LogP contribution in [0.4, 0.5) is 0 Å². The van der Waals surface area contributed by atoms with Gasteiger partial charge < -0.3 is 9.64 Å². The molecule has 5 nitrogen and oxygen atoms in total. The number of likely N-dealkylation sites (tertiary alicyclic amines) is 1. The maximum absolute atomic E-state index is 12.7. The third-order valence-corrected chi connectivity index (χ3v) is 6.14. The van der Waals surface area contributed by atoms with Gasteiger partial charge in [-0.2, -0.15) is 5.26 Å². The number of hydrogen-bond donors (Lipinski definition) is 0. The van der Waals surface area contributed by atoms with Gasteiger partial charge in [0.2, 0.25) is 0 Å². The fourth-order valence-electron chi connectivity index (χ4n) is 4.50. The molecule has 0 unspecified atom stereocenters. The predicted molar refractivity (Wildman–Crippen MR) is 112 cm³/mol. The zero-order chi connectivity index (χ0) is 20.8. The molecule has 2 atom stereocenters. The van der Waals surface area contributed by atoms with E-state index in [0.717, 1.165) is 31.4 Å². The summed E-state index contributed by atoms with van der Waals surface area (Å²) in [7, 11) is 0. The Hall–Kier alpha value is -2.61. The van der Waals surface area contributed by atoms with E-state index in [-0.39, 0.29) is 24.1 Å². The third kappa shape index (κ3) is 5.26. The minimum Gasteiger partial charge on any atom is -0.451 e. The molecular formula is C24H30N2O3. The number of piperidine rings is 1. The molecule has 0 radical (unpaired) electrons. The number of carbonyl (C=O) groups excluding carboxylic acids is 2. The van der Waals surface area contributed by atoms with E-state index >= 15 is 0 Å². The van der Waals surface area contributed by atoms with Crippen LogP contribution in [0.2, 0.25) is 0 Å². The number of benzene rings is 1. The van der Waals surface area contributed by atoms with Crippen LogP contribution in [0, 0.1) is 17.2 Å². The molecule has 1 aromatic rings. The van der Waals surface area contributed by atoms with Crippen molar-refractivity contribution in [3.05, 3.63) is 41.0 Å². The van der Waals surface area contributed by atoms with Gasteiger partial charge in [0.25, 0.3) is 5.91 Å². The van der Waals surface area contributed by atoms with Crippen LogP contribution < -0.4 is 0 Å². The molecule has 1 amide bonds. The highest BCUT2D eigenvalue weighted by molar-refractivity contribution is 5.98. The smallest absolute Gasteiger partial charge is 0.349 e. The zero-order valence-electron chi connectivity index (χ0n) is 17.4. The maximum Gasteiger partial charge on any atom is 0.349 e. The Labute approximate surface area is 173 Å². The van der Waals surface area contributed by atoms with Crippen molar-refractivity contribution in [2.45, 2.75) is 64.3 Å². The Morgan fingerprint density at radius 1 is 1.17 bits per heavy atom. The molecule has 5 heteroatoms. The summed E-state index contributed by atoms with van der Waals surface area (Å²) in [5, 5.41) is 9.35. The number of esters is 1. The van der Waals surface area contributed by atoms with Gasteiger partial charge in [-0.25, -0.2) is 4.79 Å². The van der Waals surface area contributed by atoms with Crippen LogP contribution in [0.25, 0.3) is 6.08 Å². The summed E-state index contributed by atoms with van der Waals surface area (Å²) in [4.78, 5) is 26.9. The maximum atomic E-state index is 12.7. The number of carbonyl (C=O) groups is 2. The SMILES string of the molecule is CC(C)c1ccc(/C=C(\C#N)C(=O)OCC(=O)N2CCC[C@@H]3CCCC[C@H]32)cc1. The van der Waals surface area contributed by atoms with Crippen LogP contribution in [-0.2, 0) is 14.3 Å². The van der Waals surface area contributed by atoms with Gasteiger partial charge in [0.05, 0.1) is 0 Å². The highest BCUT2D eigenvalue weighted by Crippen LogP contribution is 2.35. The Kier molecular flexibility index (Phi) is 7.09. The molecule has 3 rings (SSSR count). The van der Waals surface area contributed by atoms with Gasteiger partial charge in [-0.1, -0.05) is 51.0 Å². The quantitative estimate of drug-likeness (QED) is 0.420. The Morgan fingerprint density at radius 2 is 1.86 bits per heavy atom. The van der Waals surface area contributed by atoms with Gasteiger partial charge in [-0.15, -0.1) is 0 Å². The molecule has 0 aromatic heterocycles. The van der Waals surface area contributed by atoms with E-state index in [1.54, 1.807) is 0 Å². The minimum atomic E-state index is -0.744. The van der Waals surface area contributed by atoms with Gasteiger partial charge in [0, 0.05) is 12.6 Å². The molecule has 0 N–H and O–H groups in total. The molecule has 1 saturated heterocycles. The summed E-state index contributed by atoms with van der Waals surface area (Å²) >= 11 is 0. The summed E-state index contributed by atoms with van der Waals surface area (Å²) in [5.74, 6) is 0.109. The summed E-state index contributed by atoms with van der Waals surface area (Å²) in [6, 6.07) is 9.91. The molecule has 1 heterocycles. The lowest BCUT2D eigenvalue weighted by Gasteiger charge is -2.44. The van der Waals surface area contributed by atoms with E-state index in [0.29, 0.717) is 11.8 Å². The molecule has 29 heavy (non-hydrogen) atoms. The summed E-state index contributed by atoms with van der Waals surface area (Å²) < 4.78 is 5.20. The fraction of sp³-hybridized carbons (Fsp3) is 0.542. The van der Waals surface area contributed by atoms with Crippen LogP contribution >= 0.6 is 0 Å². The number of amides is 1. The highest BCUT2D eigenvalue weighted by atomic mass is 16.5. The molecule has 0 spiro atoms. The molecule has 0 bridgehead atoms. The van der Waals surface area contributed by atoms with Crippen LogP contribution in [0.5, 0.6) is 0 Å². The van der Waals surface area contributed by atoms with Gasteiger partial charge >= 0.3 is 5.97 Å². The second-order valence-electron chi connectivity index (χ2n) is 8.41. The highest BCUT2D eigenvalue weighted by Gasteiger charge is 2.35. The monoisotopic (exact) mass is 394 g/mol. The molecule has 1 saturated carbocycles. The first kappa shape index (κ1) is 21.1. The fourth-order valence-corrected chi connectivity index (χ4v) is 4.50. The second-order valence-corrected chi connectivity index (χ2v) is 8.41. The van der Waals surface area contributed by atoms with Crippen LogP contribution in [0.1, 0.15) is 69.4 Å².